The number of carbonyl (C=O) groups is 1. The van der Waals surface area contributed by atoms with Crippen LogP contribution in [0.25, 0.3) is 0 Å². The Hall–Kier alpha value is -0.310. The van der Waals surface area contributed by atoms with Crippen LogP contribution in [0.4, 0.5) is 4.39 Å². The van der Waals surface area contributed by atoms with Crippen molar-refractivity contribution >= 4 is 40.6 Å². The van der Waals surface area contributed by atoms with E-state index in [9.17, 15) is 9.18 Å². The van der Waals surface area contributed by atoms with Gasteiger partial charge in [0.05, 0.1) is 5.02 Å². The van der Waals surface area contributed by atoms with E-state index in [4.69, 9.17) is 34.8 Å². The number of alkyl halides is 2. The highest BCUT2D eigenvalue weighted by molar-refractivity contribution is 6.56. The van der Waals surface area contributed by atoms with Gasteiger partial charge in [0.15, 0.2) is 10.6 Å². The van der Waals surface area contributed by atoms with Gasteiger partial charge in [-0.1, -0.05) is 34.8 Å². The fraction of sp³-hybridized carbons (Fsp3) is 0.125. The van der Waals surface area contributed by atoms with Crippen LogP contribution in [0.15, 0.2) is 18.2 Å². The molecule has 0 amide bonds. The molecule has 0 aliphatic carbocycles. The number of Topliss-reactive ketones (excluding diaryl/α,β-unsaturated/α-hetero) is 1. The molecule has 5 heteroatoms. The minimum atomic E-state index is -1.22. The zero-order valence-electron chi connectivity index (χ0n) is 6.23. The van der Waals surface area contributed by atoms with Gasteiger partial charge in [0.25, 0.3) is 0 Å². The lowest BCUT2D eigenvalue weighted by Gasteiger charge is -2.03. The summed E-state index contributed by atoms with van der Waals surface area (Å²) in [6, 6.07) is 3.43. The second-order valence-corrected chi connectivity index (χ2v) is 3.79. The smallest absolute Gasteiger partial charge is 0.197 e. The number of benzene rings is 1. The van der Waals surface area contributed by atoms with Gasteiger partial charge in [-0.05, 0) is 18.2 Å². The minimum Gasteiger partial charge on any atom is -0.291 e. The van der Waals surface area contributed by atoms with Gasteiger partial charge in [-0.15, -0.1) is 0 Å². The maximum atomic E-state index is 12.7. The van der Waals surface area contributed by atoms with Gasteiger partial charge in [0.2, 0.25) is 0 Å². The van der Waals surface area contributed by atoms with Crippen molar-refractivity contribution in [2.45, 2.75) is 4.84 Å². The van der Waals surface area contributed by atoms with Crippen molar-refractivity contribution in [1.29, 1.82) is 0 Å². The Bertz CT molecular complexity index is 338. The average Bonchev–Trinajstić information content (AvgIpc) is 2.08. The van der Waals surface area contributed by atoms with Gasteiger partial charge in [-0.2, -0.15) is 0 Å². The van der Waals surface area contributed by atoms with Crippen LogP contribution in [0.5, 0.6) is 0 Å². The molecular formula is C8H4Cl3FO. The first-order valence-corrected chi connectivity index (χ1v) is 4.55. The summed E-state index contributed by atoms with van der Waals surface area (Å²) in [7, 11) is 0. The third-order valence-electron chi connectivity index (χ3n) is 1.39. The van der Waals surface area contributed by atoms with Crippen molar-refractivity contribution in [1.82, 2.24) is 0 Å². The Labute approximate surface area is 89.4 Å². The third kappa shape index (κ3) is 2.56. The van der Waals surface area contributed by atoms with Gasteiger partial charge in [-0.25, -0.2) is 4.39 Å². The summed E-state index contributed by atoms with van der Waals surface area (Å²) in [6.07, 6.45) is 0. The average molecular weight is 241 g/mol. The summed E-state index contributed by atoms with van der Waals surface area (Å²) in [5.41, 5.74) is -0.00309. The summed E-state index contributed by atoms with van der Waals surface area (Å²) in [5, 5.41) is 0.137. The highest BCUT2D eigenvalue weighted by Gasteiger charge is 2.17. The summed E-state index contributed by atoms with van der Waals surface area (Å²) >= 11 is 16.3. The van der Waals surface area contributed by atoms with Crippen LogP contribution in [0, 0.1) is 5.82 Å². The van der Waals surface area contributed by atoms with E-state index in [1.165, 1.54) is 6.07 Å². The standard InChI is InChI=1S/C8H4Cl3FO/c9-6-2-1-4(12)3-5(6)7(13)8(10)11/h1-3,8H. The first-order valence-electron chi connectivity index (χ1n) is 3.30. The quantitative estimate of drug-likeness (QED) is 0.572. The molecule has 0 spiro atoms. The monoisotopic (exact) mass is 240 g/mol. The molecule has 1 rings (SSSR count). The fourth-order valence-electron chi connectivity index (χ4n) is 0.804. The highest BCUT2D eigenvalue weighted by atomic mass is 35.5. The number of rotatable bonds is 2. The Morgan fingerprint density at radius 3 is 2.54 bits per heavy atom. The van der Waals surface area contributed by atoms with E-state index < -0.39 is 16.4 Å². The second-order valence-electron chi connectivity index (χ2n) is 2.29. The van der Waals surface area contributed by atoms with E-state index in [-0.39, 0.29) is 10.6 Å². The molecule has 0 aromatic heterocycles. The number of carbonyl (C=O) groups excluding carboxylic acids is 1. The maximum Gasteiger partial charge on any atom is 0.197 e. The van der Waals surface area contributed by atoms with E-state index in [2.05, 4.69) is 0 Å². The molecular weight excluding hydrogens is 237 g/mol. The lowest BCUT2D eigenvalue weighted by molar-refractivity contribution is 0.101. The Kier molecular flexibility index (Phi) is 3.54. The van der Waals surface area contributed by atoms with Crippen molar-refractivity contribution in [2.24, 2.45) is 0 Å². The van der Waals surface area contributed by atoms with E-state index >= 15 is 0 Å². The molecule has 1 aromatic carbocycles. The van der Waals surface area contributed by atoms with E-state index in [0.717, 1.165) is 12.1 Å². The summed E-state index contributed by atoms with van der Waals surface area (Å²) in [4.78, 5) is 9.98. The second kappa shape index (κ2) is 4.27. The molecule has 13 heavy (non-hydrogen) atoms. The van der Waals surface area contributed by atoms with Gasteiger partial charge in [0, 0.05) is 5.56 Å². The molecule has 0 saturated heterocycles. The molecule has 0 bridgehead atoms. The molecule has 0 aliphatic heterocycles. The van der Waals surface area contributed by atoms with Crippen LogP contribution in [0.2, 0.25) is 5.02 Å². The van der Waals surface area contributed by atoms with Gasteiger partial charge in [-0.3, -0.25) is 4.79 Å². The molecule has 70 valence electrons. The predicted molar refractivity (Wildman–Crippen MR) is 51.2 cm³/mol. The van der Waals surface area contributed by atoms with Crippen molar-refractivity contribution in [3.8, 4) is 0 Å². The zero-order valence-corrected chi connectivity index (χ0v) is 8.50. The first-order chi connectivity index (χ1) is 6.02. The SMILES string of the molecule is O=C(c1cc(F)ccc1Cl)C(Cl)Cl. The maximum absolute atomic E-state index is 12.7. The molecule has 1 nitrogen and oxygen atoms in total. The largest absolute Gasteiger partial charge is 0.291 e. The molecule has 0 unspecified atom stereocenters. The molecule has 0 N–H and O–H groups in total. The Morgan fingerprint density at radius 2 is 2.00 bits per heavy atom. The van der Waals surface area contributed by atoms with Crippen molar-refractivity contribution in [2.75, 3.05) is 0 Å². The van der Waals surface area contributed by atoms with Crippen molar-refractivity contribution < 1.29 is 9.18 Å². The molecule has 0 heterocycles. The molecule has 1 aromatic rings. The topological polar surface area (TPSA) is 17.1 Å². The summed E-state index contributed by atoms with van der Waals surface area (Å²) < 4.78 is 12.7. The number of hydrogen-bond acceptors (Lipinski definition) is 1. The lowest BCUT2D eigenvalue weighted by Crippen LogP contribution is -2.08. The van der Waals surface area contributed by atoms with Crippen LogP contribution in [-0.4, -0.2) is 10.6 Å². The van der Waals surface area contributed by atoms with Crippen LogP contribution < -0.4 is 0 Å². The van der Waals surface area contributed by atoms with E-state index in [0.29, 0.717) is 0 Å². The zero-order chi connectivity index (χ0) is 10.0. The number of ketones is 1. The number of hydrogen-bond donors (Lipinski definition) is 0. The molecule has 0 atom stereocenters. The lowest BCUT2D eigenvalue weighted by atomic mass is 10.1. The van der Waals surface area contributed by atoms with Gasteiger partial charge >= 0.3 is 0 Å². The third-order valence-corrected chi connectivity index (χ3v) is 2.12. The van der Waals surface area contributed by atoms with Crippen LogP contribution in [-0.2, 0) is 0 Å². The van der Waals surface area contributed by atoms with E-state index in [1.54, 1.807) is 0 Å². The molecule has 0 fully saturated rings. The first kappa shape index (κ1) is 10.8. The molecule has 0 saturated carbocycles. The van der Waals surface area contributed by atoms with Crippen molar-refractivity contribution in [3.05, 3.63) is 34.6 Å². The van der Waals surface area contributed by atoms with E-state index in [1.807, 2.05) is 0 Å². The normalized spacial score (nSPS) is 10.5. The number of halogens is 4. The Balaban J connectivity index is 3.13. The van der Waals surface area contributed by atoms with Crippen LogP contribution in [0.1, 0.15) is 10.4 Å². The molecule has 0 radical (unpaired) electrons. The minimum absolute atomic E-state index is 0.00309. The fourth-order valence-corrected chi connectivity index (χ4v) is 1.25. The van der Waals surface area contributed by atoms with Gasteiger partial charge < -0.3 is 0 Å². The molecule has 0 aliphatic rings. The van der Waals surface area contributed by atoms with Crippen molar-refractivity contribution in [3.63, 3.8) is 0 Å². The predicted octanol–water partition coefficient (Wildman–Crippen LogP) is 3.47. The summed E-state index contributed by atoms with van der Waals surface area (Å²) in [6.45, 7) is 0. The Morgan fingerprint density at radius 1 is 1.38 bits per heavy atom. The van der Waals surface area contributed by atoms with Crippen LogP contribution in [0.3, 0.4) is 0 Å². The summed E-state index contributed by atoms with van der Waals surface area (Å²) in [5.74, 6) is -1.16. The van der Waals surface area contributed by atoms with Crippen LogP contribution >= 0.6 is 34.8 Å². The van der Waals surface area contributed by atoms with Gasteiger partial charge in [0.1, 0.15) is 5.82 Å². The highest BCUT2D eigenvalue weighted by Crippen LogP contribution is 2.21.